The van der Waals surface area contributed by atoms with Crippen molar-refractivity contribution in [3.63, 3.8) is 0 Å². The molecule has 326 valence electrons. The average Bonchev–Trinajstić information content (AvgIpc) is 3.73. The Kier molecular flexibility index (Phi) is 13.7. The molecule has 0 aromatic heterocycles. The molecule has 6 unspecified atom stereocenters. The van der Waals surface area contributed by atoms with Crippen molar-refractivity contribution >= 4 is 17.7 Å². The van der Waals surface area contributed by atoms with Crippen LogP contribution in [0.2, 0.25) is 0 Å². The number of carbonyl (C=O) groups excluding carboxylic acids is 2. The third kappa shape index (κ3) is 9.59. The van der Waals surface area contributed by atoms with Crippen LogP contribution in [-0.4, -0.2) is 83.9 Å². The molecule has 61 heavy (non-hydrogen) atoms. The average molecular weight is 838 g/mol. The standard InChI is InChI=1S/C48H59N3O10/c1-6-24-58-48-42(51(5)45(54)33-18-20-40-41(26-33)57-30-56-40)28-38(50-61-47(2,3)4)36-25-32(16-10-12-22-52)35(17-11-13-23-53)43(44(36)48)37-27-34(19-21-39(37)60-48)59-46(55)49-29-31-14-8-7-9-15-31/h6-9,14-15,18-21,25-27,32,35,42-44,52-53H,1,10-13,16-17,22-24,28-30H2,2-5H3,(H,49,55). The molecule has 2 amide bonds. The van der Waals surface area contributed by atoms with E-state index >= 15 is 0 Å². The normalized spacial score (nSPS) is 24.1. The maximum Gasteiger partial charge on any atom is 0.412 e. The van der Waals surface area contributed by atoms with Gasteiger partial charge >= 0.3 is 6.09 Å². The highest BCUT2D eigenvalue weighted by Gasteiger charge is 2.65. The number of aliphatic hydroxyl groups excluding tert-OH is 2. The quantitative estimate of drug-likeness (QED) is 0.0694. The van der Waals surface area contributed by atoms with Gasteiger partial charge in [-0.1, -0.05) is 60.5 Å². The van der Waals surface area contributed by atoms with Crippen LogP contribution in [0.1, 0.15) is 93.1 Å². The number of fused-ring (bicyclic) bond motifs is 3. The van der Waals surface area contributed by atoms with Crippen molar-refractivity contribution in [2.75, 3.05) is 33.7 Å². The first kappa shape index (κ1) is 43.7. The van der Waals surface area contributed by atoms with Gasteiger partial charge < -0.3 is 49.0 Å². The second kappa shape index (κ2) is 19.1. The van der Waals surface area contributed by atoms with Crippen LogP contribution in [0.4, 0.5) is 4.79 Å². The Morgan fingerprint density at radius 1 is 0.967 bits per heavy atom. The summed E-state index contributed by atoms with van der Waals surface area (Å²) in [5, 5.41) is 27.5. The van der Waals surface area contributed by atoms with Crippen molar-refractivity contribution in [1.29, 1.82) is 0 Å². The van der Waals surface area contributed by atoms with E-state index in [2.05, 4.69) is 18.0 Å². The lowest BCUT2D eigenvalue weighted by atomic mass is 9.55. The summed E-state index contributed by atoms with van der Waals surface area (Å²) in [5.74, 6) is -0.551. The van der Waals surface area contributed by atoms with Crippen molar-refractivity contribution in [1.82, 2.24) is 10.2 Å². The number of amides is 2. The number of carbonyl (C=O) groups is 2. The lowest BCUT2D eigenvalue weighted by molar-refractivity contribution is -0.252. The van der Waals surface area contributed by atoms with Crippen LogP contribution in [0.3, 0.4) is 0 Å². The zero-order valence-electron chi connectivity index (χ0n) is 35.6. The van der Waals surface area contributed by atoms with Gasteiger partial charge in [0, 0.05) is 50.3 Å². The van der Waals surface area contributed by atoms with E-state index < -0.39 is 29.4 Å². The number of unbranched alkanes of at least 4 members (excludes halogenated alkanes) is 2. The maximum absolute atomic E-state index is 14.7. The second-order valence-corrected chi connectivity index (χ2v) is 17.2. The zero-order chi connectivity index (χ0) is 43.1. The molecule has 4 aliphatic rings. The number of nitrogens with zero attached hydrogens (tertiary/aromatic N) is 2. The van der Waals surface area contributed by atoms with E-state index in [1.54, 1.807) is 42.3 Å². The van der Waals surface area contributed by atoms with E-state index in [-0.39, 0.29) is 56.7 Å². The SMILES string of the molecule is C=CCOC12Oc3ccc(OC(=O)NCc4ccccc4)cc3C3C(CCCCO)C(CCCCO)C=C(C(=NOC(C)(C)C)CC1N(C)C(=O)c1ccc4c(c1)OCO4)C32. The van der Waals surface area contributed by atoms with Gasteiger partial charge in [0.15, 0.2) is 11.5 Å². The molecular formula is C48H59N3O10. The van der Waals surface area contributed by atoms with Crippen LogP contribution in [0.5, 0.6) is 23.0 Å². The number of rotatable bonds is 17. The number of hydrogen-bond acceptors (Lipinski definition) is 11. The minimum Gasteiger partial charge on any atom is -0.459 e. The van der Waals surface area contributed by atoms with Crippen molar-refractivity contribution < 1.29 is 48.3 Å². The summed E-state index contributed by atoms with van der Waals surface area (Å²) < 4.78 is 31.4. The number of likely N-dealkylation sites (N-methyl/N-ethyl adjacent to an activating group) is 1. The Hall–Kier alpha value is -5.37. The number of aliphatic hydroxyl groups is 2. The number of ether oxygens (including phenoxy) is 5. The van der Waals surface area contributed by atoms with E-state index in [1.807, 2.05) is 63.2 Å². The topological polar surface area (TPSA) is 158 Å². The molecule has 13 nitrogen and oxygen atoms in total. The minimum absolute atomic E-state index is 0.00564. The van der Waals surface area contributed by atoms with Crippen LogP contribution in [0, 0.1) is 17.8 Å². The van der Waals surface area contributed by atoms with E-state index in [0.717, 1.165) is 42.4 Å². The molecule has 7 rings (SSSR count). The molecule has 0 bridgehead atoms. The second-order valence-electron chi connectivity index (χ2n) is 17.2. The molecule has 2 aliphatic heterocycles. The molecule has 2 aliphatic carbocycles. The Labute approximate surface area is 358 Å². The molecule has 1 fully saturated rings. The highest BCUT2D eigenvalue weighted by atomic mass is 16.7. The van der Waals surface area contributed by atoms with Crippen LogP contribution in [0.15, 0.2) is 96.2 Å². The monoisotopic (exact) mass is 837 g/mol. The van der Waals surface area contributed by atoms with Gasteiger partial charge in [0.05, 0.1) is 18.2 Å². The van der Waals surface area contributed by atoms with E-state index in [4.69, 9.17) is 33.7 Å². The summed E-state index contributed by atoms with van der Waals surface area (Å²) >= 11 is 0. The minimum atomic E-state index is -1.44. The number of oxime groups is 1. The third-order valence-corrected chi connectivity index (χ3v) is 12.0. The van der Waals surface area contributed by atoms with Gasteiger partial charge in [-0.3, -0.25) is 4.79 Å². The Bertz CT molecular complexity index is 2100. The fourth-order valence-electron chi connectivity index (χ4n) is 9.27. The first-order valence-electron chi connectivity index (χ1n) is 21.4. The van der Waals surface area contributed by atoms with Gasteiger partial charge in [0.1, 0.15) is 23.1 Å². The van der Waals surface area contributed by atoms with Gasteiger partial charge in [0.25, 0.3) is 5.91 Å². The molecule has 3 aromatic carbocycles. The van der Waals surface area contributed by atoms with Crippen LogP contribution >= 0.6 is 0 Å². The molecule has 3 aromatic rings. The smallest absolute Gasteiger partial charge is 0.412 e. The molecule has 0 spiro atoms. The van der Waals surface area contributed by atoms with Gasteiger partial charge in [0.2, 0.25) is 12.6 Å². The summed E-state index contributed by atoms with van der Waals surface area (Å²) in [6.45, 7) is 10.5. The van der Waals surface area contributed by atoms with Gasteiger partial charge in [-0.2, -0.15) is 0 Å². The first-order chi connectivity index (χ1) is 29.5. The summed E-state index contributed by atoms with van der Waals surface area (Å²) in [7, 11) is 1.76. The Morgan fingerprint density at radius 2 is 1.70 bits per heavy atom. The fraction of sp³-hybridized carbons (Fsp3) is 0.479. The number of hydrogen-bond donors (Lipinski definition) is 3. The summed E-state index contributed by atoms with van der Waals surface area (Å²) in [5.41, 5.74) is 3.16. The molecular weight excluding hydrogens is 779 g/mol. The number of benzene rings is 3. The highest BCUT2D eigenvalue weighted by molar-refractivity contribution is 6.03. The third-order valence-electron chi connectivity index (χ3n) is 12.0. The van der Waals surface area contributed by atoms with Crippen molar-refractivity contribution in [3.8, 4) is 23.0 Å². The number of nitrogens with one attached hydrogen (secondary N) is 1. The van der Waals surface area contributed by atoms with Crippen molar-refractivity contribution in [2.24, 2.45) is 22.9 Å². The van der Waals surface area contributed by atoms with E-state index in [1.165, 1.54) is 0 Å². The van der Waals surface area contributed by atoms with Gasteiger partial charge in [-0.25, -0.2) is 4.79 Å². The van der Waals surface area contributed by atoms with E-state index in [9.17, 15) is 19.8 Å². The van der Waals surface area contributed by atoms with Crippen LogP contribution < -0.4 is 24.3 Å². The summed E-state index contributed by atoms with van der Waals surface area (Å²) in [6, 6.07) is 19.5. The van der Waals surface area contributed by atoms with Crippen LogP contribution in [-0.2, 0) is 16.1 Å². The molecule has 0 saturated heterocycles. The van der Waals surface area contributed by atoms with Crippen molar-refractivity contribution in [2.45, 2.75) is 95.6 Å². The van der Waals surface area contributed by atoms with Gasteiger partial charge in [-0.15, -0.1) is 6.58 Å². The zero-order valence-corrected chi connectivity index (χ0v) is 35.6. The van der Waals surface area contributed by atoms with Crippen molar-refractivity contribution in [3.05, 3.63) is 108 Å². The molecule has 13 heteroatoms. The molecule has 0 radical (unpaired) electrons. The largest absolute Gasteiger partial charge is 0.459 e. The number of allylic oxidation sites excluding steroid dienone is 1. The molecule has 3 N–H and O–H groups in total. The highest BCUT2D eigenvalue weighted by Crippen LogP contribution is 2.62. The van der Waals surface area contributed by atoms with Crippen LogP contribution in [0.25, 0.3) is 0 Å². The first-order valence-corrected chi connectivity index (χ1v) is 21.4. The molecule has 2 heterocycles. The lowest BCUT2D eigenvalue weighted by Crippen LogP contribution is -2.69. The Morgan fingerprint density at radius 3 is 2.44 bits per heavy atom. The van der Waals surface area contributed by atoms with E-state index in [0.29, 0.717) is 53.7 Å². The predicted molar refractivity (Wildman–Crippen MR) is 230 cm³/mol. The van der Waals surface area contributed by atoms with Gasteiger partial charge in [-0.05, 0) is 106 Å². The summed E-state index contributed by atoms with van der Waals surface area (Å²) in [4.78, 5) is 35.8. The molecule has 6 atom stereocenters. The lowest BCUT2D eigenvalue weighted by Gasteiger charge is -2.59. The summed E-state index contributed by atoms with van der Waals surface area (Å²) in [6.07, 6.45) is 8.02. The Balaban J connectivity index is 1.37. The fourth-order valence-corrected chi connectivity index (χ4v) is 9.27. The molecule has 1 saturated carbocycles. The maximum atomic E-state index is 14.7. The predicted octanol–water partition coefficient (Wildman–Crippen LogP) is 7.91.